The summed E-state index contributed by atoms with van der Waals surface area (Å²) in [5.74, 6) is 0.241. The lowest BCUT2D eigenvalue weighted by Gasteiger charge is -2.11. The Morgan fingerprint density at radius 3 is 2.33 bits per heavy atom. The number of anilines is 1. The van der Waals surface area contributed by atoms with Crippen LogP contribution in [0.2, 0.25) is 0 Å². The molecule has 0 saturated heterocycles. The first kappa shape index (κ1) is 18.4. The van der Waals surface area contributed by atoms with E-state index in [9.17, 15) is 13.2 Å². The van der Waals surface area contributed by atoms with Crippen molar-refractivity contribution in [2.45, 2.75) is 24.8 Å². The van der Waals surface area contributed by atoms with Gasteiger partial charge in [-0.05, 0) is 72.2 Å². The number of rotatable bonds is 5. The lowest BCUT2D eigenvalue weighted by atomic mass is 10.2. The van der Waals surface area contributed by atoms with Gasteiger partial charge >= 0.3 is 0 Å². The topological polar surface area (TPSA) is 98.5 Å². The van der Waals surface area contributed by atoms with Crippen molar-refractivity contribution in [3.63, 3.8) is 0 Å². The molecule has 8 heteroatoms. The molecule has 0 atom stereocenters. The Kier molecular flexibility index (Phi) is 5.63. The Labute approximate surface area is 149 Å². The molecule has 3 N–H and O–H groups in total. The zero-order valence-corrected chi connectivity index (χ0v) is 15.5. The maximum atomic E-state index is 12.4. The SMILES string of the molecule is CC(C)Oc1ccc(NC(=O)c2cc(S(N)(=O)=O)ccc2Br)cc1. The number of ether oxygens (including phenoxy) is 1. The van der Waals surface area contributed by atoms with Gasteiger partial charge in [0, 0.05) is 10.2 Å². The summed E-state index contributed by atoms with van der Waals surface area (Å²) in [6.45, 7) is 3.84. The van der Waals surface area contributed by atoms with Gasteiger partial charge in [-0.3, -0.25) is 4.79 Å². The summed E-state index contributed by atoms with van der Waals surface area (Å²) in [6.07, 6.45) is 0.0577. The van der Waals surface area contributed by atoms with Gasteiger partial charge in [0.25, 0.3) is 5.91 Å². The van der Waals surface area contributed by atoms with E-state index in [-0.39, 0.29) is 16.6 Å². The van der Waals surface area contributed by atoms with Crippen LogP contribution < -0.4 is 15.2 Å². The molecule has 0 radical (unpaired) electrons. The van der Waals surface area contributed by atoms with Crippen molar-refractivity contribution < 1.29 is 17.9 Å². The van der Waals surface area contributed by atoms with Gasteiger partial charge in [-0.2, -0.15) is 0 Å². The average Bonchev–Trinajstić information content (AvgIpc) is 2.48. The van der Waals surface area contributed by atoms with Crippen molar-refractivity contribution in [1.82, 2.24) is 0 Å². The van der Waals surface area contributed by atoms with Gasteiger partial charge in [-0.1, -0.05) is 0 Å². The highest BCUT2D eigenvalue weighted by Gasteiger charge is 2.15. The first-order chi connectivity index (χ1) is 11.2. The molecule has 0 heterocycles. The Balaban J connectivity index is 2.21. The first-order valence-corrected chi connectivity index (χ1v) is 9.41. The Morgan fingerprint density at radius 1 is 1.17 bits per heavy atom. The van der Waals surface area contributed by atoms with Gasteiger partial charge in [-0.15, -0.1) is 0 Å². The lowest BCUT2D eigenvalue weighted by Crippen LogP contribution is -2.16. The van der Waals surface area contributed by atoms with E-state index in [1.165, 1.54) is 18.2 Å². The van der Waals surface area contributed by atoms with Crippen LogP contribution in [0.3, 0.4) is 0 Å². The van der Waals surface area contributed by atoms with Crippen molar-refractivity contribution in [2.75, 3.05) is 5.32 Å². The fourth-order valence-corrected chi connectivity index (χ4v) is 2.91. The van der Waals surface area contributed by atoms with Crippen LogP contribution in [0.1, 0.15) is 24.2 Å². The van der Waals surface area contributed by atoms with E-state index in [4.69, 9.17) is 9.88 Å². The van der Waals surface area contributed by atoms with Crippen molar-refractivity contribution >= 4 is 37.5 Å². The molecule has 1 amide bonds. The predicted molar refractivity (Wildman–Crippen MR) is 95.7 cm³/mol. The van der Waals surface area contributed by atoms with Crippen molar-refractivity contribution in [2.24, 2.45) is 5.14 Å². The van der Waals surface area contributed by atoms with Crippen molar-refractivity contribution in [3.05, 3.63) is 52.5 Å². The second-order valence-corrected chi connectivity index (χ2v) is 7.75. The van der Waals surface area contributed by atoms with Crippen LogP contribution in [0.4, 0.5) is 5.69 Å². The van der Waals surface area contributed by atoms with E-state index < -0.39 is 15.9 Å². The van der Waals surface area contributed by atoms with Crippen molar-refractivity contribution in [1.29, 1.82) is 0 Å². The molecule has 6 nitrogen and oxygen atoms in total. The fourth-order valence-electron chi connectivity index (χ4n) is 1.94. The molecule has 24 heavy (non-hydrogen) atoms. The van der Waals surface area contributed by atoms with Gasteiger partial charge in [-0.25, -0.2) is 13.6 Å². The van der Waals surface area contributed by atoms with Crippen LogP contribution in [0, 0.1) is 0 Å². The molecule has 0 saturated carbocycles. The fraction of sp³-hybridized carbons (Fsp3) is 0.188. The van der Waals surface area contributed by atoms with Gasteiger partial charge < -0.3 is 10.1 Å². The molecular weight excluding hydrogens is 396 g/mol. The molecule has 0 aliphatic rings. The summed E-state index contributed by atoms with van der Waals surface area (Å²) in [5, 5.41) is 7.79. The number of halogens is 1. The number of hydrogen-bond donors (Lipinski definition) is 2. The third-order valence-corrected chi connectivity index (χ3v) is 4.60. The summed E-state index contributed by atoms with van der Waals surface area (Å²) in [7, 11) is -3.88. The highest BCUT2D eigenvalue weighted by molar-refractivity contribution is 9.10. The van der Waals surface area contributed by atoms with E-state index >= 15 is 0 Å². The monoisotopic (exact) mass is 412 g/mol. The number of benzene rings is 2. The molecule has 0 spiro atoms. The number of hydrogen-bond acceptors (Lipinski definition) is 4. The predicted octanol–water partition coefficient (Wildman–Crippen LogP) is 3.14. The Bertz CT molecular complexity index is 849. The van der Waals surface area contributed by atoms with Crippen LogP contribution in [-0.4, -0.2) is 20.4 Å². The molecule has 128 valence electrons. The quantitative estimate of drug-likeness (QED) is 0.787. The summed E-state index contributed by atoms with van der Waals surface area (Å²) < 4.78 is 28.8. The highest BCUT2D eigenvalue weighted by atomic mass is 79.9. The molecule has 0 aromatic heterocycles. The van der Waals surface area contributed by atoms with Gasteiger partial charge in [0.1, 0.15) is 5.75 Å². The maximum absolute atomic E-state index is 12.4. The number of sulfonamides is 1. The van der Waals surface area contributed by atoms with E-state index in [0.29, 0.717) is 15.9 Å². The zero-order valence-electron chi connectivity index (χ0n) is 13.1. The van der Waals surface area contributed by atoms with Gasteiger partial charge in [0.05, 0.1) is 16.6 Å². The molecule has 0 fully saturated rings. The zero-order chi connectivity index (χ0) is 17.9. The summed E-state index contributed by atoms with van der Waals surface area (Å²) in [6, 6.07) is 10.9. The largest absolute Gasteiger partial charge is 0.491 e. The van der Waals surface area contributed by atoms with Gasteiger partial charge in [0.15, 0.2) is 0 Å². The molecule has 0 bridgehead atoms. The molecular formula is C16H17BrN2O4S. The highest BCUT2D eigenvalue weighted by Crippen LogP contribution is 2.23. The smallest absolute Gasteiger partial charge is 0.256 e. The summed E-state index contributed by atoms with van der Waals surface area (Å²) in [4.78, 5) is 12.2. The molecule has 0 aliphatic carbocycles. The second kappa shape index (κ2) is 7.33. The number of nitrogens with one attached hydrogen (secondary N) is 1. The Morgan fingerprint density at radius 2 is 1.79 bits per heavy atom. The van der Waals surface area contributed by atoms with E-state index in [1.54, 1.807) is 24.3 Å². The lowest BCUT2D eigenvalue weighted by molar-refractivity contribution is 0.102. The van der Waals surface area contributed by atoms with Crippen LogP contribution in [0.25, 0.3) is 0 Å². The minimum Gasteiger partial charge on any atom is -0.491 e. The maximum Gasteiger partial charge on any atom is 0.256 e. The molecule has 0 unspecified atom stereocenters. The molecule has 2 rings (SSSR count). The Hall–Kier alpha value is -1.90. The standard InChI is InChI=1S/C16H17BrN2O4S/c1-10(2)23-12-5-3-11(4-6-12)19-16(20)14-9-13(24(18,21)22)7-8-15(14)17/h3-10H,1-2H3,(H,19,20)(H2,18,21,22). The van der Waals surface area contributed by atoms with Crippen LogP contribution in [0.5, 0.6) is 5.75 Å². The minimum atomic E-state index is -3.88. The average molecular weight is 413 g/mol. The van der Waals surface area contributed by atoms with Crippen LogP contribution in [-0.2, 0) is 10.0 Å². The number of carbonyl (C=O) groups is 1. The van der Waals surface area contributed by atoms with E-state index in [0.717, 1.165) is 0 Å². The summed E-state index contributed by atoms with van der Waals surface area (Å²) >= 11 is 3.23. The van der Waals surface area contributed by atoms with Crippen LogP contribution in [0.15, 0.2) is 51.8 Å². The van der Waals surface area contributed by atoms with E-state index in [1.807, 2.05) is 13.8 Å². The molecule has 2 aromatic rings. The third-order valence-electron chi connectivity index (χ3n) is 2.99. The molecule has 0 aliphatic heterocycles. The normalized spacial score (nSPS) is 11.4. The number of amides is 1. The second-order valence-electron chi connectivity index (χ2n) is 5.33. The number of carbonyl (C=O) groups excluding carboxylic acids is 1. The van der Waals surface area contributed by atoms with E-state index in [2.05, 4.69) is 21.2 Å². The third kappa shape index (κ3) is 4.80. The number of nitrogens with two attached hydrogens (primary N) is 1. The van der Waals surface area contributed by atoms with Crippen LogP contribution >= 0.6 is 15.9 Å². The van der Waals surface area contributed by atoms with Crippen molar-refractivity contribution in [3.8, 4) is 5.75 Å². The first-order valence-electron chi connectivity index (χ1n) is 7.07. The number of primary sulfonamides is 1. The van der Waals surface area contributed by atoms with Gasteiger partial charge in [0.2, 0.25) is 10.0 Å². The summed E-state index contributed by atoms with van der Waals surface area (Å²) in [5.41, 5.74) is 0.730. The molecule has 2 aromatic carbocycles. The minimum absolute atomic E-state index is 0.0577.